The van der Waals surface area contributed by atoms with Gasteiger partial charge in [-0.1, -0.05) is 0 Å². The van der Waals surface area contributed by atoms with Gasteiger partial charge < -0.3 is 15.3 Å². The van der Waals surface area contributed by atoms with Gasteiger partial charge in [-0.15, -0.1) is 0 Å². The van der Waals surface area contributed by atoms with E-state index in [9.17, 15) is 4.79 Å². The maximum atomic E-state index is 12.1. The largest absolute Gasteiger partial charge is 0.395 e. The summed E-state index contributed by atoms with van der Waals surface area (Å²) in [6.45, 7) is 5.07. The molecule has 0 aliphatic heterocycles. The molecule has 2 amide bonds. The van der Waals surface area contributed by atoms with Crippen LogP contribution in [0.1, 0.15) is 29.8 Å². The first-order valence-corrected chi connectivity index (χ1v) is 7.19. The zero-order valence-electron chi connectivity index (χ0n) is 12.5. The van der Waals surface area contributed by atoms with E-state index in [0.29, 0.717) is 19.1 Å². The number of hydrogen-bond acceptors (Lipinski definition) is 3. The molecule has 1 saturated carbocycles. The predicted molar refractivity (Wildman–Crippen MR) is 76.6 cm³/mol. The van der Waals surface area contributed by atoms with Crippen LogP contribution in [0.2, 0.25) is 0 Å². The summed E-state index contributed by atoms with van der Waals surface area (Å²) in [6, 6.07) is 0.254. The van der Waals surface area contributed by atoms with Crippen LogP contribution in [0.25, 0.3) is 0 Å². The highest BCUT2D eigenvalue weighted by Crippen LogP contribution is 2.26. The Labute approximate surface area is 119 Å². The van der Waals surface area contributed by atoms with E-state index in [-0.39, 0.29) is 12.6 Å². The van der Waals surface area contributed by atoms with Gasteiger partial charge in [-0.3, -0.25) is 4.68 Å². The third kappa shape index (κ3) is 3.30. The Balaban J connectivity index is 1.84. The first-order valence-electron chi connectivity index (χ1n) is 7.19. The summed E-state index contributed by atoms with van der Waals surface area (Å²) >= 11 is 0. The minimum atomic E-state index is -0.0688. The molecule has 0 saturated heterocycles. The number of hydrogen-bond donors (Lipinski definition) is 2. The summed E-state index contributed by atoms with van der Waals surface area (Å²) in [5.74, 6) is 0. The van der Waals surface area contributed by atoms with Crippen molar-refractivity contribution >= 4 is 6.03 Å². The third-order valence-corrected chi connectivity index (χ3v) is 3.90. The van der Waals surface area contributed by atoms with E-state index < -0.39 is 0 Å². The molecule has 0 unspecified atom stereocenters. The number of carbonyl (C=O) groups excluding carboxylic acids is 1. The summed E-state index contributed by atoms with van der Waals surface area (Å²) in [4.78, 5) is 13.8. The Kier molecular flexibility index (Phi) is 4.65. The summed E-state index contributed by atoms with van der Waals surface area (Å²) in [5.41, 5.74) is 3.37. The number of carbonyl (C=O) groups is 1. The van der Waals surface area contributed by atoms with Crippen molar-refractivity contribution in [3.8, 4) is 0 Å². The number of nitrogens with one attached hydrogen (secondary N) is 1. The molecule has 1 heterocycles. The maximum Gasteiger partial charge on any atom is 0.317 e. The molecule has 1 aliphatic rings. The molecule has 2 rings (SSSR count). The molecule has 112 valence electrons. The van der Waals surface area contributed by atoms with Crippen LogP contribution in [0.3, 0.4) is 0 Å². The van der Waals surface area contributed by atoms with Gasteiger partial charge in [-0.25, -0.2) is 4.79 Å². The molecule has 20 heavy (non-hydrogen) atoms. The SMILES string of the molecule is Cc1nn(C)c(C)c1CCNC(=O)N(CCO)C1CC1. The van der Waals surface area contributed by atoms with Crippen molar-refractivity contribution in [1.82, 2.24) is 20.0 Å². The van der Waals surface area contributed by atoms with Crippen molar-refractivity contribution < 1.29 is 9.90 Å². The van der Waals surface area contributed by atoms with Crippen molar-refractivity contribution in [3.63, 3.8) is 0 Å². The Morgan fingerprint density at radius 1 is 1.50 bits per heavy atom. The first-order chi connectivity index (χ1) is 9.54. The predicted octanol–water partition coefficient (Wildman–Crippen LogP) is 0.746. The van der Waals surface area contributed by atoms with Crippen LogP contribution in [-0.4, -0.2) is 51.6 Å². The zero-order valence-corrected chi connectivity index (χ0v) is 12.5. The number of aliphatic hydroxyl groups excluding tert-OH is 1. The van der Waals surface area contributed by atoms with Crippen LogP contribution >= 0.6 is 0 Å². The summed E-state index contributed by atoms with van der Waals surface area (Å²) in [7, 11) is 1.93. The molecule has 1 aromatic rings. The van der Waals surface area contributed by atoms with E-state index in [1.54, 1.807) is 4.90 Å². The Morgan fingerprint density at radius 2 is 2.20 bits per heavy atom. The van der Waals surface area contributed by atoms with E-state index in [1.807, 2.05) is 25.6 Å². The van der Waals surface area contributed by atoms with E-state index in [2.05, 4.69) is 10.4 Å². The van der Waals surface area contributed by atoms with Crippen LogP contribution in [0.5, 0.6) is 0 Å². The van der Waals surface area contributed by atoms with Crippen molar-refractivity contribution in [2.75, 3.05) is 19.7 Å². The summed E-state index contributed by atoms with van der Waals surface area (Å²) < 4.78 is 1.87. The van der Waals surface area contributed by atoms with Crippen molar-refractivity contribution in [1.29, 1.82) is 0 Å². The third-order valence-electron chi connectivity index (χ3n) is 3.90. The molecule has 0 aromatic carbocycles. The van der Waals surface area contributed by atoms with Crippen LogP contribution in [0.4, 0.5) is 4.79 Å². The average Bonchev–Trinajstić information content (AvgIpc) is 3.20. The minimum absolute atomic E-state index is 0.0186. The molecule has 1 fully saturated rings. The van der Waals surface area contributed by atoms with Crippen molar-refractivity contribution in [3.05, 3.63) is 17.0 Å². The van der Waals surface area contributed by atoms with Gasteiger partial charge in [0.2, 0.25) is 0 Å². The summed E-state index contributed by atoms with van der Waals surface area (Å²) in [5, 5.41) is 16.3. The van der Waals surface area contributed by atoms with E-state index in [4.69, 9.17) is 5.11 Å². The fraction of sp³-hybridized carbons (Fsp3) is 0.714. The molecular weight excluding hydrogens is 256 g/mol. The molecule has 2 N–H and O–H groups in total. The molecule has 0 atom stereocenters. The van der Waals surface area contributed by atoms with Crippen LogP contribution < -0.4 is 5.32 Å². The standard InChI is InChI=1S/C14H24N4O2/c1-10-13(11(2)17(3)16-10)6-7-15-14(20)18(8-9-19)12-4-5-12/h12,19H,4-9H2,1-3H3,(H,15,20). The quantitative estimate of drug-likeness (QED) is 0.807. The van der Waals surface area contributed by atoms with Gasteiger partial charge in [0, 0.05) is 31.9 Å². The van der Waals surface area contributed by atoms with Crippen LogP contribution in [0.15, 0.2) is 0 Å². The Bertz CT molecular complexity index is 480. The number of aryl methyl sites for hydroxylation is 2. The van der Waals surface area contributed by atoms with E-state index in [0.717, 1.165) is 30.7 Å². The second kappa shape index (κ2) is 6.26. The maximum absolute atomic E-state index is 12.1. The molecule has 0 spiro atoms. The number of amides is 2. The van der Waals surface area contributed by atoms with Crippen LogP contribution in [-0.2, 0) is 13.5 Å². The van der Waals surface area contributed by atoms with E-state index in [1.165, 1.54) is 5.56 Å². The number of urea groups is 1. The Hall–Kier alpha value is -1.56. The minimum Gasteiger partial charge on any atom is -0.395 e. The van der Waals surface area contributed by atoms with Gasteiger partial charge in [0.25, 0.3) is 0 Å². The lowest BCUT2D eigenvalue weighted by Crippen LogP contribution is -2.43. The Morgan fingerprint density at radius 3 is 2.70 bits per heavy atom. The van der Waals surface area contributed by atoms with Crippen molar-refractivity contribution in [2.24, 2.45) is 7.05 Å². The van der Waals surface area contributed by atoms with Gasteiger partial charge in [-0.05, 0) is 38.7 Å². The highest BCUT2D eigenvalue weighted by Gasteiger charge is 2.31. The molecule has 0 bridgehead atoms. The zero-order chi connectivity index (χ0) is 14.7. The number of nitrogens with zero attached hydrogens (tertiary/aromatic N) is 3. The highest BCUT2D eigenvalue weighted by atomic mass is 16.3. The van der Waals surface area contributed by atoms with Gasteiger partial charge in [-0.2, -0.15) is 5.10 Å². The van der Waals surface area contributed by atoms with E-state index >= 15 is 0 Å². The highest BCUT2D eigenvalue weighted by molar-refractivity contribution is 5.74. The average molecular weight is 280 g/mol. The molecule has 1 aromatic heterocycles. The molecule has 6 nitrogen and oxygen atoms in total. The summed E-state index contributed by atoms with van der Waals surface area (Å²) in [6.07, 6.45) is 2.89. The number of aliphatic hydroxyl groups is 1. The number of rotatable bonds is 6. The van der Waals surface area contributed by atoms with Gasteiger partial charge in [0.15, 0.2) is 0 Å². The molecule has 6 heteroatoms. The second-order valence-electron chi connectivity index (χ2n) is 5.40. The first kappa shape index (κ1) is 14.8. The second-order valence-corrected chi connectivity index (χ2v) is 5.40. The molecule has 1 aliphatic carbocycles. The van der Waals surface area contributed by atoms with Gasteiger partial charge >= 0.3 is 6.03 Å². The lowest BCUT2D eigenvalue weighted by atomic mass is 10.1. The fourth-order valence-corrected chi connectivity index (χ4v) is 2.52. The smallest absolute Gasteiger partial charge is 0.317 e. The lowest BCUT2D eigenvalue weighted by Gasteiger charge is -2.21. The fourth-order valence-electron chi connectivity index (χ4n) is 2.52. The van der Waals surface area contributed by atoms with Gasteiger partial charge in [0.1, 0.15) is 0 Å². The topological polar surface area (TPSA) is 70.4 Å². The normalized spacial score (nSPS) is 14.4. The number of aromatic nitrogens is 2. The lowest BCUT2D eigenvalue weighted by molar-refractivity contribution is 0.174. The van der Waals surface area contributed by atoms with Crippen molar-refractivity contribution in [2.45, 2.75) is 39.2 Å². The monoisotopic (exact) mass is 280 g/mol. The molecular formula is C14H24N4O2. The van der Waals surface area contributed by atoms with Crippen LogP contribution in [0, 0.1) is 13.8 Å². The molecule has 0 radical (unpaired) electrons. The van der Waals surface area contributed by atoms with Gasteiger partial charge in [0.05, 0.1) is 12.3 Å².